The van der Waals surface area contributed by atoms with Crippen molar-refractivity contribution < 1.29 is 4.74 Å². The molecular weight excluding hydrogens is 747 g/mol. The highest BCUT2D eigenvalue weighted by Crippen LogP contribution is 2.52. The number of aromatic nitrogens is 4. The second kappa shape index (κ2) is 14.6. The minimum Gasteiger partial charge on any atom is -0.377 e. The zero-order valence-electron chi connectivity index (χ0n) is 33.3. The third kappa shape index (κ3) is 6.06. The molecule has 3 N–H and O–H groups in total. The smallest absolute Gasteiger partial charge is 0.0896 e. The Hall–Kier alpha value is -7.54. The molecule has 61 heavy (non-hydrogen) atoms. The number of hydrogen-bond acceptors (Lipinski definition) is 4. The molecule has 3 aromatic heterocycles. The number of nitrogens with one attached hydrogen (secondary N) is 3. The van der Waals surface area contributed by atoms with Crippen LogP contribution in [-0.4, -0.2) is 26.5 Å². The van der Waals surface area contributed by atoms with E-state index in [0.29, 0.717) is 0 Å². The van der Waals surface area contributed by atoms with Crippen molar-refractivity contribution in [2.24, 2.45) is 5.92 Å². The number of anilines is 1. The highest BCUT2D eigenvalue weighted by atomic mass is 16.5. The number of fused-ring (bicyclic) bond motifs is 11. The van der Waals surface area contributed by atoms with Crippen LogP contribution in [-0.2, 0) is 4.74 Å². The molecule has 0 amide bonds. The molecule has 4 aliphatic rings. The molecule has 1 saturated heterocycles. The number of H-pyrrole nitrogens is 2. The van der Waals surface area contributed by atoms with Gasteiger partial charge in [0.05, 0.1) is 40.4 Å². The number of hydrogen-bond donors (Lipinski definition) is 3. The quantitative estimate of drug-likeness (QED) is 0.162. The van der Waals surface area contributed by atoms with E-state index in [2.05, 4.69) is 203 Å². The van der Waals surface area contributed by atoms with Crippen LogP contribution < -0.4 is 5.32 Å². The molecule has 1 fully saturated rings. The normalized spacial score (nSPS) is 17.5. The van der Waals surface area contributed by atoms with Gasteiger partial charge in [-0.15, -0.1) is 0 Å². The van der Waals surface area contributed by atoms with Crippen LogP contribution in [0.2, 0.25) is 0 Å². The van der Waals surface area contributed by atoms with Gasteiger partial charge in [0.15, 0.2) is 0 Å². The molecule has 4 aliphatic heterocycles. The van der Waals surface area contributed by atoms with E-state index in [1.54, 1.807) is 0 Å². The molecule has 8 bridgehead atoms. The Morgan fingerprint density at radius 1 is 0.443 bits per heavy atom. The van der Waals surface area contributed by atoms with Crippen molar-refractivity contribution in [3.05, 3.63) is 198 Å². The van der Waals surface area contributed by atoms with Crippen molar-refractivity contribution >= 4 is 52.1 Å². The first-order valence-corrected chi connectivity index (χ1v) is 21.1. The fourth-order valence-electron chi connectivity index (χ4n) is 9.92. The lowest BCUT2D eigenvalue weighted by Crippen LogP contribution is -2.29. The van der Waals surface area contributed by atoms with Gasteiger partial charge in [0, 0.05) is 68.1 Å². The van der Waals surface area contributed by atoms with E-state index in [4.69, 9.17) is 14.7 Å². The predicted molar refractivity (Wildman–Crippen MR) is 250 cm³/mol. The number of aromatic amines is 2. The third-order valence-electron chi connectivity index (χ3n) is 12.6. The summed E-state index contributed by atoms with van der Waals surface area (Å²) >= 11 is 0. The second-order valence-electron chi connectivity index (χ2n) is 16.1. The first-order chi connectivity index (χ1) is 30.2. The van der Waals surface area contributed by atoms with Gasteiger partial charge in [-0.3, -0.25) is 0 Å². The Morgan fingerprint density at radius 3 is 1.56 bits per heavy atom. The largest absolute Gasteiger partial charge is 0.377 e. The molecule has 0 aliphatic carbocycles. The zero-order chi connectivity index (χ0) is 40.3. The molecule has 8 aromatic rings. The Morgan fingerprint density at radius 2 is 0.934 bits per heavy atom. The number of nitrogens with zero attached hydrogens (tertiary/aromatic N) is 2. The summed E-state index contributed by atoms with van der Waals surface area (Å²) < 4.78 is 6.57. The summed E-state index contributed by atoms with van der Waals surface area (Å²) in [6, 6.07) is 57.9. The summed E-state index contributed by atoms with van der Waals surface area (Å²) in [5.41, 5.74) is 19.6. The lowest BCUT2D eigenvalue weighted by Gasteiger charge is -2.36. The Balaban J connectivity index is 1.27. The Bertz CT molecular complexity index is 3200. The molecule has 0 unspecified atom stereocenters. The van der Waals surface area contributed by atoms with Gasteiger partial charge in [-0.2, -0.15) is 0 Å². The molecule has 0 radical (unpaired) electrons. The summed E-state index contributed by atoms with van der Waals surface area (Å²) in [7, 11) is 0. The van der Waals surface area contributed by atoms with Gasteiger partial charge >= 0.3 is 0 Å². The van der Waals surface area contributed by atoms with E-state index >= 15 is 0 Å². The predicted octanol–water partition coefficient (Wildman–Crippen LogP) is 13.6. The highest BCUT2D eigenvalue weighted by molar-refractivity contribution is 6.01. The van der Waals surface area contributed by atoms with Crippen molar-refractivity contribution in [1.29, 1.82) is 0 Å². The molecule has 6 heteroatoms. The highest BCUT2D eigenvalue weighted by Gasteiger charge is 2.42. The van der Waals surface area contributed by atoms with Crippen LogP contribution in [0.3, 0.4) is 0 Å². The van der Waals surface area contributed by atoms with Crippen molar-refractivity contribution in [3.63, 3.8) is 0 Å². The minimum atomic E-state index is -0.0371. The summed E-state index contributed by atoms with van der Waals surface area (Å²) in [5.74, 6) is 0.224. The topological polar surface area (TPSA) is 78.6 Å². The maximum absolute atomic E-state index is 6.57. The number of benzene rings is 5. The van der Waals surface area contributed by atoms with Crippen LogP contribution >= 0.6 is 0 Å². The lowest BCUT2D eigenvalue weighted by molar-refractivity contribution is 0.0831. The fourth-order valence-corrected chi connectivity index (χ4v) is 9.92. The standard InChI is InChI=1S/C55H41N5O/c1-5-15-34(16-6-1)49-42-25-26-43(56-42)50(35-17-7-2-8-18-35)45-29-30-47(58-45)52(37-21-11-4-12-22-37)54-40(53-39-31-32-61-55(39)38-23-13-14-24-41(38)59-53)33-48(60-54)51(36-19-9-3-10-20-36)46-28-27-44(49)57-46/h1-30,33,39,53,55,57,59-60H,31-32H2/t39-,53+,55+/m1/s1. The van der Waals surface area contributed by atoms with Crippen LogP contribution in [0.15, 0.2) is 164 Å². The number of para-hydroxylation sites is 1. The van der Waals surface area contributed by atoms with Gasteiger partial charge < -0.3 is 20.0 Å². The van der Waals surface area contributed by atoms with E-state index in [1.165, 1.54) is 11.1 Å². The Kier molecular flexibility index (Phi) is 8.49. The maximum Gasteiger partial charge on any atom is 0.0896 e. The summed E-state index contributed by atoms with van der Waals surface area (Å²) in [4.78, 5) is 19.1. The van der Waals surface area contributed by atoms with Crippen molar-refractivity contribution in [3.8, 4) is 44.5 Å². The van der Waals surface area contributed by atoms with Crippen molar-refractivity contribution in [2.45, 2.75) is 18.6 Å². The molecule has 0 saturated carbocycles. The molecule has 292 valence electrons. The van der Waals surface area contributed by atoms with Crippen LogP contribution in [0, 0.1) is 5.92 Å². The molecule has 5 aromatic carbocycles. The van der Waals surface area contributed by atoms with Crippen LogP contribution in [0.25, 0.3) is 90.9 Å². The van der Waals surface area contributed by atoms with Crippen molar-refractivity contribution in [2.75, 3.05) is 11.9 Å². The minimum absolute atomic E-state index is 0.000599. The van der Waals surface area contributed by atoms with Gasteiger partial charge in [-0.1, -0.05) is 140 Å². The molecule has 3 atom stereocenters. The van der Waals surface area contributed by atoms with Crippen LogP contribution in [0.1, 0.15) is 52.5 Å². The van der Waals surface area contributed by atoms with E-state index in [1.807, 2.05) is 0 Å². The third-order valence-corrected chi connectivity index (χ3v) is 12.6. The molecule has 7 heterocycles. The first kappa shape index (κ1) is 35.4. The summed E-state index contributed by atoms with van der Waals surface area (Å²) in [6.07, 6.45) is 9.57. The lowest BCUT2D eigenvalue weighted by atomic mass is 9.80. The van der Waals surface area contributed by atoms with E-state index in [0.717, 1.165) is 108 Å². The van der Waals surface area contributed by atoms with Gasteiger partial charge in [0.2, 0.25) is 0 Å². The average molecular weight is 788 g/mol. The molecule has 12 rings (SSSR count). The molecule has 0 spiro atoms. The molecule has 6 nitrogen and oxygen atoms in total. The monoisotopic (exact) mass is 787 g/mol. The number of rotatable bonds is 5. The van der Waals surface area contributed by atoms with Gasteiger partial charge in [0.25, 0.3) is 0 Å². The first-order valence-electron chi connectivity index (χ1n) is 21.1. The fraction of sp³-hybridized carbons (Fsp3) is 0.0909. The van der Waals surface area contributed by atoms with Crippen molar-refractivity contribution in [1.82, 2.24) is 19.9 Å². The van der Waals surface area contributed by atoms with E-state index in [-0.39, 0.29) is 18.1 Å². The number of ether oxygens (including phenoxy) is 1. The molecular formula is C55H41N5O. The van der Waals surface area contributed by atoms with Crippen LogP contribution in [0.5, 0.6) is 0 Å². The summed E-state index contributed by atoms with van der Waals surface area (Å²) in [6.45, 7) is 0.722. The average Bonchev–Trinajstić information content (AvgIpc) is 4.18. The van der Waals surface area contributed by atoms with Gasteiger partial charge in [-0.25, -0.2) is 9.97 Å². The second-order valence-corrected chi connectivity index (χ2v) is 16.1. The Labute approximate surface area is 354 Å². The zero-order valence-corrected chi connectivity index (χ0v) is 33.3. The maximum atomic E-state index is 6.57. The van der Waals surface area contributed by atoms with Gasteiger partial charge in [-0.05, 0) is 77.2 Å². The van der Waals surface area contributed by atoms with E-state index in [9.17, 15) is 0 Å². The van der Waals surface area contributed by atoms with Crippen LogP contribution in [0.4, 0.5) is 5.69 Å². The summed E-state index contributed by atoms with van der Waals surface area (Å²) in [5, 5.41) is 4.05. The van der Waals surface area contributed by atoms with Gasteiger partial charge in [0.1, 0.15) is 0 Å². The SMILES string of the molecule is C1=Cc2nc1c(-c1ccccc1)c1nc(c(-c3ccccc3)c3[nH]c(cc3[C@H]3Nc4ccccc4[C@@H]4OCC[C@H]34)c(-c3ccccc3)c3ccc([nH]3)c2-c2ccccc2)C=C1. The van der Waals surface area contributed by atoms with E-state index < -0.39 is 0 Å².